The van der Waals surface area contributed by atoms with Crippen molar-refractivity contribution in [3.8, 4) is 0 Å². The molecular weight excluding hydrogens is 208 g/mol. The molecule has 0 radical (unpaired) electrons. The molecule has 0 saturated carbocycles. The summed E-state index contributed by atoms with van der Waals surface area (Å²) in [6, 6.07) is 6.92. The van der Waals surface area contributed by atoms with Crippen molar-refractivity contribution in [2.45, 2.75) is 13.5 Å². The number of nitrogens with two attached hydrogens (primary N) is 1. The highest BCUT2D eigenvalue weighted by Crippen LogP contribution is 2.08. The van der Waals surface area contributed by atoms with Gasteiger partial charge in [0.1, 0.15) is 0 Å². The van der Waals surface area contributed by atoms with E-state index in [4.69, 9.17) is 5.73 Å². The average molecular weight is 222 g/mol. The van der Waals surface area contributed by atoms with Gasteiger partial charge in [-0.2, -0.15) is 0 Å². The lowest BCUT2D eigenvalue weighted by Gasteiger charge is -2.05. The average Bonchev–Trinajstić information content (AvgIpc) is 2.30. The number of esters is 1. The maximum atomic E-state index is 11.2. The molecule has 0 spiro atoms. The van der Waals surface area contributed by atoms with Crippen molar-refractivity contribution in [2.75, 3.05) is 11.9 Å². The van der Waals surface area contributed by atoms with Gasteiger partial charge in [-0.3, -0.25) is 4.79 Å². The number of hydrogen-bond donors (Lipinski definition) is 2. The van der Waals surface area contributed by atoms with Gasteiger partial charge in [0.2, 0.25) is 0 Å². The summed E-state index contributed by atoms with van der Waals surface area (Å²) >= 11 is 0. The first-order valence-electron chi connectivity index (χ1n) is 4.94. The summed E-state index contributed by atoms with van der Waals surface area (Å²) in [4.78, 5) is 22.3. The summed E-state index contributed by atoms with van der Waals surface area (Å²) in [7, 11) is 0. The van der Waals surface area contributed by atoms with Crippen molar-refractivity contribution in [1.29, 1.82) is 0 Å². The normalized spacial score (nSPS) is 9.62. The SMILES string of the molecule is CCOC(=O)C(=O)Nc1ccc(CN)cc1. The van der Waals surface area contributed by atoms with Gasteiger partial charge in [0.15, 0.2) is 0 Å². The monoisotopic (exact) mass is 222 g/mol. The van der Waals surface area contributed by atoms with Gasteiger partial charge in [-0.05, 0) is 24.6 Å². The molecule has 0 bridgehead atoms. The van der Waals surface area contributed by atoms with Crippen LogP contribution in [0.2, 0.25) is 0 Å². The molecular formula is C11H14N2O3. The maximum absolute atomic E-state index is 11.2. The Labute approximate surface area is 93.6 Å². The van der Waals surface area contributed by atoms with Crippen LogP contribution in [0.25, 0.3) is 0 Å². The first-order valence-corrected chi connectivity index (χ1v) is 4.94. The molecule has 5 nitrogen and oxygen atoms in total. The highest BCUT2D eigenvalue weighted by Gasteiger charge is 2.14. The van der Waals surface area contributed by atoms with Crippen molar-refractivity contribution in [3.05, 3.63) is 29.8 Å². The molecule has 0 fully saturated rings. The van der Waals surface area contributed by atoms with Crippen molar-refractivity contribution < 1.29 is 14.3 Å². The van der Waals surface area contributed by atoms with Gasteiger partial charge in [-0.15, -0.1) is 0 Å². The molecule has 0 aliphatic heterocycles. The molecule has 1 aromatic carbocycles. The molecule has 0 aliphatic rings. The van der Waals surface area contributed by atoms with Crippen molar-refractivity contribution in [2.24, 2.45) is 5.73 Å². The third-order valence-corrected chi connectivity index (χ3v) is 1.91. The number of nitrogens with one attached hydrogen (secondary N) is 1. The van der Waals surface area contributed by atoms with Gasteiger partial charge >= 0.3 is 11.9 Å². The van der Waals surface area contributed by atoms with Crippen LogP contribution >= 0.6 is 0 Å². The summed E-state index contributed by atoms with van der Waals surface area (Å²) in [5, 5.41) is 2.42. The quantitative estimate of drug-likeness (QED) is 0.581. The Morgan fingerprint density at radius 3 is 2.44 bits per heavy atom. The van der Waals surface area contributed by atoms with Crippen LogP contribution < -0.4 is 11.1 Å². The van der Waals surface area contributed by atoms with Crippen LogP contribution in [0, 0.1) is 0 Å². The Morgan fingerprint density at radius 2 is 1.94 bits per heavy atom. The van der Waals surface area contributed by atoms with E-state index in [1.807, 2.05) is 0 Å². The lowest BCUT2D eigenvalue weighted by atomic mass is 10.2. The molecule has 1 rings (SSSR count). The van der Waals surface area contributed by atoms with E-state index in [9.17, 15) is 9.59 Å². The predicted molar refractivity (Wildman–Crippen MR) is 59.6 cm³/mol. The molecule has 0 atom stereocenters. The Balaban J connectivity index is 2.59. The van der Waals surface area contributed by atoms with E-state index in [2.05, 4.69) is 10.1 Å². The zero-order valence-electron chi connectivity index (χ0n) is 9.03. The zero-order chi connectivity index (χ0) is 12.0. The first-order chi connectivity index (χ1) is 7.67. The third kappa shape index (κ3) is 3.36. The number of benzene rings is 1. The molecule has 3 N–H and O–H groups in total. The van der Waals surface area contributed by atoms with Gasteiger partial charge in [-0.25, -0.2) is 4.79 Å². The standard InChI is InChI=1S/C11H14N2O3/c1-2-16-11(15)10(14)13-9-5-3-8(7-12)4-6-9/h3-6H,2,7,12H2,1H3,(H,13,14). The topological polar surface area (TPSA) is 81.4 Å². The molecule has 1 aromatic rings. The van der Waals surface area contributed by atoms with E-state index in [1.54, 1.807) is 31.2 Å². The van der Waals surface area contributed by atoms with Crippen molar-refractivity contribution >= 4 is 17.6 Å². The fraction of sp³-hybridized carbons (Fsp3) is 0.273. The van der Waals surface area contributed by atoms with E-state index in [1.165, 1.54) is 0 Å². The summed E-state index contributed by atoms with van der Waals surface area (Å²) in [6.45, 7) is 2.26. The van der Waals surface area contributed by atoms with Gasteiger partial charge < -0.3 is 15.8 Å². The Bertz CT molecular complexity index is 373. The molecule has 0 saturated heterocycles. The minimum absolute atomic E-state index is 0.179. The summed E-state index contributed by atoms with van der Waals surface area (Å²) < 4.78 is 4.55. The summed E-state index contributed by atoms with van der Waals surface area (Å²) in [5.74, 6) is -1.66. The predicted octanol–water partition coefficient (Wildman–Crippen LogP) is 0.647. The maximum Gasteiger partial charge on any atom is 0.397 e. The van der Waals surface area contributed by atoms with Crippen LogP contribution in [-0.4, -0.2) is 18.5 Å². The zero-order valence-corrected chi connectivity index (χ0v) is 9.03. The van der Waals surface area contributed by atoms with Gasteiger partial charge in [0, 0.05) is 12.2 Å². The lowest BCUT2D eigenvalue weighted by molar-refractivity contribution is -0.152. The molecule has 16 heavy (non-hydrogen) atoms. The van der Waals surface area contributed by atoms with Gasteiger partial charge in [-0.1, -0.05) is 12.1 Å². The lowest BCUT2D eigenvalue weighted by Crippen LogP contribution is -2.24. The molecule has 0 aromatic heterocycles. The molecule has 5 heteroatoms. The summed E-state index contributed by atoms with van der Waals surface area (Å²) in [6.07, 6.45) is 0. The molecule has 0 heterocycles. The van der Waals surface area contributed by atoms with Gasteiger partial charge in [0.05, 0.1) is 6.61 Å². The van der Waals surface area contributed by atoms with E-state index < -0.39 is 11.9 Å². The van der Waals surface area contributed by atoms with E-state index in [-0.39, 0.29) is 6.61 Å². The molecule has 0 aliphatic carbocycles. The number of anilines is 1. The molecule has 0 unspecified atom stereocenters. The van der Waals surface area contributed by atoms with Crippen LogP contribution in [-0.2, 0) is 20.9 Å². The Kier molecular flexibility index (Phi) is 4.47. The van der Waals surface area contributed by atoms with E-state index >= 15 is 0 Å². The largest absolute Gasteiger partial charge is 0.459 e. The van der Waals surface area contributed by atoms with Crippen molar-refractivity contribution in [1.82, 2.24) is 0 Å². The van der Waals surface area contributed by atoms with E-state index in [0.29, 0.717) is 12.2 Å². The number of carbonyl (C=O) groups excluding carboxylic acids is 2. The number of rotatable bonds is 3. The fourth-order valence-corrected chi connectivity index (χ4v) is 1.10. The smallest absolute Gasteiger partial charge is 0.397 e. The second-order valence-corrected chi connectivity index (χ2v) is 3.08. The minimum Gasteiger partial charge on any atom is -0.459 e. The van der Waals surface area contributed by atoms with Crippen molar-refractivity contribution in [3.63, 3.8) is 0 Å². The van der Waals surface area contributed by atoms with Gasteiger partial charge in [0.25, 0.3) is 0 Å². The summed E-state index contributed by atoms with van der Waals surface area (Å²) in [5.41, 5.74) is 6.92. The number of carbonyl (C=O) groups is 2. The molecule has 1 amide bonds. The molecule has 86 valence electrons. The number of amides is 1. The third-order valence-electron chi connectivity index (χ3n) is 1.91. The van der Waals surface area contributed by atoms with Crippen LogP contribution in [0.4, 0.5) is 5.69 Å². The first kappa shape index (κ1) is 12.2. The Hall–Kier alpha value is -1.88. The van der Waals surface area contributed by atoms with Crippen LogP contribution in [0.1, 0.15) is 12.5 Å². The van der Waals surface area contributed by atoms with Crippen LogP contribution in [0.15, 0.2) is 24.3 Å². The second kappa shape index (κ2) is 5.87. The highest BCUT2D eigenvalue weighted by atomic mass is 16.5. The Morgan fingerprint density at radius 1 is 1.31 bits per heavy atom. The van der Waals surface area contributed by atoms with Crippen LogP contribution in [0.3, 0.4) is 0 Å². The highest BCUT2D eigenvalue weighted by molar-refractivity contribution is 6.37. The van der Waals surface area contributed by atoms with Crippen LogP contribution in [0.5, 0.6) is 0 Å². The minimum atomic E-state index is -0.884. The second-order valence-electron chi connectivity index (χ2n) is 3.08. The number of ether oxygens (including phenoxy) is 1. The fourth-order valence-electron chi connectivity index (χ4n) is 1.10. The van der Waals surface area contributed by atoms with E-state index in [0.717, 1.165) is 5.56 Å². The number of hydrogen-bond acceptors (Lipinski definition) is 4.